The normalized spacial score (nSPS) is 10.2. The van der Waals surface area contributed by atoms with E-state index in [0.717, 1.165) is 5.56 Å². The molecule has 2 amide bonds. The zero-order chi connectivity index (χ0) is 15.4. The smallest absolute Gasteiger partial charge is 0.324 e. The number of carbonyl (C=O) groups is 1. The van der Waals surface area contributed by atoms with Gasteiger partial charge >= 0.3 is 6.03 Å². The Morgan fingerprint density at radius 3 is 2.59 bits per heavy atom. The fourth-order valence-corrected chi connectivity index (χ4v) is 2.11. The van der Waals surface area contributed by atoms with Crippen LogP contribution in [0.2, 0.25) is 5.02 Å². The molecule has 6 heteroatoms. The van der Waals surface area contributed by atoms with Gasteiger partial charge in [-0.15, -0.1) is 0 Å². The Hall–Kier alpha value is -2.79. The average molecular weight is 314 g/mol. The molecule has 0 aliphatic heterocycles. The summed E-state index contributed by atoms with van der Waals surface area (Å²) in [5.41, 5.74) is 1.48. The van der Waals surface area contributed by atoms with E-state index < -0.39 is 6.03 Å². The summed E-state index contributed by atoms with van der Waals surface area (Å²) in [5.74, 6) is 0.914. The van der Waals surface area contributed by atoms with Crippen molar-refractivity contribution >= 4 is 29.1 Å². The Balaban J connectivity index is 1.66. The summed E-state index contributed by atoms with van der Waals surface area (Å²) in [6.07, 6.45) is 0. The van der Waals surface area contributed by atoms with E-state index in [1.165, 1.54) is 0 Å². The molecule has 0 atom stereocenters. The van der Waals surface area contributed by atoms with Crippen LogP contribution in [0.15, 0.2) is 65.2 Å². The topological polar surface area (TPSA) is 67.2 Å². The highest BCUT2D eigenvalue weighted by Crippen LogP contribution is 2.22. The van der Waals surface area contributed by atoms with Crippen LogP contribution in [0, 0.1) is 0 Å². The second-order valence-electron chi connectivity index (χ2n) is 4.53. The van der Waals surface area contributed by atoms with Crippen LogP contribution in [0.5, 0.6) is 0 Å². The van der Waals surface area contributed by atoms with Crippen molar-refractivity contribution in [2.24, 2.45) is 0 Å². The van der Waals surface area contributed by atoms with E-state index >= 15 is 0 Å². The zero-order valence-electron chi connectivity index (χ0n) is 11.4. The minimum absolute atomic E-state index is 0.332. The molecule has 0 unspecified atom stereocenters. The van der Waals surface area contributed by atoms with Crippen molar-refractivity contribution < 1.29 is 9.32 Å². The van der Waals surface area contributed by atoms with Crippen molar-refractivity contribution in [3.63, 3.8) is 0 Å². The quantitative estimate of drug-likeness (QED) is 0.740. The number of halogens is 1. The number of carbonyl (C=O) groups excluding carboxylic acids is 1. The molecule has 0 aliphatic carbocycles. The number of benzene rings is 2. The summed E-state index contributed by atoms with van der Waals surface area (Å²) in [4.78, 5) is 11.9. The number of urea groups is 1. The Kier molecular flexibility index (Phi) is 4.07. The van der Waals surface area contributed by atoms with E-state index in [1.54, 1.807) is 30.3 Å². The molecule has 22 heavy (non-hydrogen) atoms. The number of anilines is 2. The van der Waals surface area contributed by atoms with Gasteiger partial charge < -0.3 is 9.84 Å². The van der Waals surface area contributed by atoms with Crippen molar-refractivity contribution in [1.29, 1.82) is 0 Å². The molecular weight excluding hydrogens is 302 g/mol. The Morgan fingerprint density at radius 1 is 1.00 bits per heavy atom. The minimum Gasteiger partial charge on any atom is -0.354 e. The molecule has 2 aromatic carbocycles. The van der Waals surface area contributed by atoms with Crippen molar-refractivity contribution in [1.82, 2.24) is 5.16 Å². The number of hydrogen-bond acceptors (Lipinski definition) is 3. The lowest BCUT2D eigenvalue weighted by Crippen LogP contribution is -2.19. The van der Waals surface area contributed by atoms with Gasteiger partial charge in [0.25, 0.3) is 0 Å². The number of nitrogens with one attached hydrogen (secondary N) is 2. The summed E-state index contributed by atoms with van der Waals surface area (Å²) in [6.45, 7) is 0. The predicted molar refractivity (Wildman–Crippen MR) is 86.0 cm³/mol. The molecule has 3 rings (SSSR count). The highest BCUT2D eigenvalue weighted by molar-refractivity contribution is 6.30. The third-order valence-electron chi connectivity index (χ3n) is 2.89. The molecule has 1 heterocycles. The SMILES string of the molecule is O=C(Nc1cccc(Cl)c1)Nc1cc(-c2ccccc2)on1. The van der Waals surface area contributed by atoms with Crippen LogP contribution in [0.1, 0.15) is 0 Å². The van der Waals surface area contributed by atoms with Crippen LogP contribution in [-0.2, 0) is 0 Å². The summed E-state index contributed by atoms with van der Waals surface area (Å²) in [6, 6.07) is 17.6. The fourth-order valence-electron chi connectivity index (χ4n) is 1.92. The minimum atomic E-state index is -0.421. The van der Waals surface area contributed by atoms with Gasteiger partial charge in [0.1, 0.15) is 0 Å². The highest BCUT2D eigenvalue weighted by atomic mass is 35.5. The van der Waals surface area contributed by atoms with Crippen LogP contribution >= 0.6 is 11.6 Å². The van der Waals surface area contributed by atoms with Gasteiger partial charge in [-0.2, -0.15) is 0 Å². The molecule has 1 aromatic heterocycles. The van der Waals surface area contributed by atoms with E-state index in [4.69, 9.17) is 16.1 Å². The van der Waals surface area contributed by atoms with E-state index in [2.05, 4.69) is 15.8 Å². The number of amides is 2. The van der Waals surface area contributed by atoms with Gasteiger partial charge in [-0.25, -0.2) is 4.79 Å². The number of hydrogen-bond donors (Lipinski definition) is 2. The Labute approximate surface area is 131 Å². The maximum atomic E-state index is 11.9. The maximum absolute atomic E-state index is 11.9. The van der Waals surface area contributed by atoms with Gasteiger partial charge in [-0.3, -0.25) is 5.32 Å². The molecule has 0 bridgehead atoms. The highest BCUT2D eigenvalue weighted by Gasteiger charge is 2.09. The largest absolute Gasteiger partial charge is 0.354 e. The van der Waals surface area contributed by atoms with Crippen LogP contribution < -0.4 is 10.6 Å². The summed E-state index contributed by atoms with van der Waals surface area (Å²) in [5, 5.41) is 9.63. The summed E-state index contributed by atoms with van der Waals surface area (Å²) < 4.78 is 5.21. The summed E-state index contributed by atoms with van der Waals surface area (Å²) in [7, 11) is 0. The first-order valence-corrected chi connectivity index (χ1v) is 6.94. The van der Waals surface area contributed by atoms with Crippen LogP contribution in [0.25, 0.3) is 11.3 Å². The molecular formula is C16H12ClN3O2. The number of rotatable bonds is 3. The van der Waals surface area contributed by atoms with Gasteiger partial charge in [0.2, 0.25) is 0 Å². The van der Waals surface area contributed by atoms with Crippen LogP contribution in [-0.4, -0.2) is 11.2 Å². The van der Waals surface area contributed by atoms with Gasteiger partial charge in [0.05, 0.1) is 0 Å². The number of nitrogens with zero attached hydrogens (tertiary/aromatic N) is 1. The van der Waals surface area contributed by atoms with Gasteiger partial charge in [0, 0.05) is 22.3 Å². The average Bonchev–Trinajstić information content (AvgIpc) is 2.96. The van der Waals surface area contributed by atoms with E-state index in [1.807, 2.05) is 30.3 Å². The molecule has 0 radical (unpaired) electrons. The second kappa shape index (κ2) is 6.32. The lowest BCUT2D eigenvalue weighted by molar-refractivity contribution is 0.262. The van der Waals surface area contributed by atoms with Crippen LogP contribution in [0.3, 0.4) is 0 Å². The Bertz CT molecular complexity index is 787. The lowest BCUT2D eigenvalue weighted by atomic mass is 10.2. The third-order valence-corrected chi connectivity index (χ3v) is 3.13. The van der Waals surface area contributed by atoms with Crippen molar-refractivity contribution in [3.05, 3.63) is 65.7 Å². The maximum Gasteiger partial charge on any atom is 0.324 e. The van der Waals surface area contributed by atoms with Crippen molar-refractivity contribution in [3.8, 4) is 11.3 Å². The first kappa shape index (κ1) is 14.2. The molecule has 5 nitrogen and oxygen atoms in total. The van der Waals surface area contributed by atoms with Gasteiger partial charge in [0.15, 0.2) is 11.6 Å². The molecule has 0 spiro atoms. The van der Waals surface area contributed by atoms with Gasteiger partial charge in [-0.05, 0) is 18.2 Å². The number of aromatic nitrogens is 1. The molecule has 0 fully saturated rings. The zero-order valence-corrected chi connectivity index (χ0v) is 12.2. The Morgan fingerprint density at radius 2 is 1.82 bits per heavy atom. The molecule has 3 aromatic rings. The second-order valence-corrected chi connectivity index (χ2v) is 4.97. The van der Waals surface area contributed by atoms with Gasteiger partial charge in [-0.1, -0.05) is 53.2 Å². The third kappa shape index (κ3) is 3.45. The monoisotopic (exact) mass is 313 g/mol. The molecule has 0 saturated heterocycles. The standard InChI is InChI=1S/C16H12ClN3O2/c17-12-7-4-8-13(9-12)18-16(21)19-15-10-14(22-20-15)11-5-2-1-3-6-11/h1-10H,(H2,18,19,20,21). The first-order valence-electron chi connectivity index (χ1n) is 6.56. The molecule has 110 valence electrons. The molecule has 2 N–H and O–H groups in total. The van der Waals surface area contributed by atoms with Crippen molar-refractivity contribution in [2.75, 3.05) is 10.6 Å². The molecule has 0 aliphatic rings. The first-order chi connectivity index (χ1) is 10.7. The summed E-state index contributed by atoms with van der Waals surface area (Å²) >= 11 is 5.86. The van der Waals surface area contributed by atoms with Crippen molar-refractivity contribution in [2.45, 2.75) is 0 Å². The van der Waals surface area contributed by atoms with Crippen LogP contribution in [0.4, 0.5) is 16.3 Å². The van der Waals surface area contributed by atoms with E-state index in [-0.39, 0.29) is 0 Å². The van der Waals surface area contributed by atoms with E-state index in [9.17, 15) is 4.79 Å². The molecule has 0 saturated carbocycles. The predicted octanol–water partition coefficient (Wildman–Crippen LogP) is 4.64. The van der Waals surface area contributed by atoms with E-state index in [0.29, 0.717) is 22.3 Å². The fraction of sp³-hybridized carbons (Fsp3) is 0. The lowest BCUT2D eigenvalue weighted by Gasteiger charge is -2.04.